The Morgan fingerprint density at radius 2 is 1.89 bits per heavy atom. The molecule has 18 heavy (non-hydrogen) atoms. The first kappa shape index (κ1) is 12.7. The van der Waals surface area contributed by atoms with E-state index in [1.807, 2.05) is 6.92 Å². The molecule has 0 aliphatic heterocycles. The van der Waals surface area contributed by atoms with Crippen LogP contribution in [0.25, 0.3) is 11.2 Å². The van der Waals surface area contributed by atoms with Crippen molar-refractivity contribution < 1.29 is 0 Å². The first-order chi connectivity index (χ1) is 8.56. The second kappa shape index (κ2) is 4.89. The summed E-state index contributed by atoms with van der Waals surface area (Å²) in [6.45, 7) is 2.05. The summed E-state index contributed by atoms with van der Waals surface area (Å²) < 4.78 is 2.30. The van der Waals surface area contributed by atoms with Crippen molar-refractivity contribution in [3.63, 3.8) is 0 Å². The van der Waals surface area contributed by atoms with E-state index in [2.05, 4.69) is 15.2 Å². The molecule has 7 nitrogen and oxygen atoms in total. The number of thioether (sulfide) groups is 1. The van der Waals surface area contributed by atoms with Gasteiger partial charge in [0.05, 0.1) is 0 Å². The van der Waals surface area contributed by atoms with Crippen LogP contribution in [0.15, 0.2) is 14.7 Å². The van der Waals surface area contributed by atoms with Gasteiger partial charge >= 0.3 is 5.69 Å². The molecule has 0 aliphatic rings. The summed E-state index contributed by atoms with van der Waals surface area (Å²) in [5.74, 6) is 0.867. The molecule has 2 rings (SSSR count). The van der Waals surface area contributed by atoms with Crippen molar-refractivity contribution in [1.29, 1.82) is 0 Å². The van der Waals surface area contributed by atoms with Crippen LogP contribution < -0.4 is 11.2 Å². The van der Waals surface area contributed by atoms with Crippen LogP contribution in [0.4, 0.5) is 0 Å². The van der Waals surface area contributed by atoms with Crippen molar-refractivity contribution in [2.24, 2.45) is 14.1 Å². The molecule has 0 saturated heterocycles. The fourth-order valence-electron chi connectivity index (χ4n) is 1.49. The molecule has 0 aromatic carbocycles. The smallest absolute Gasteiger partial charge is 0.279 e. The van der Waals surface area contributed by atoms with Crippen LogP contribution in [-0.4, -0.2) is 30.1 Å². The van der Waals surface area contributed by atoms with Gasteiger partial charge in [0.15, 0.2) is 11.2 Å². The van der Waals surface area contributed by atoms with Gasteiger partial charge in [-0.3, -0.25) is 13.9 Å². The molecule has 0 N–H and O–H groups in total. The Hall–Kier alpha value is -1.70. The van der Waals surface area contributed by atoms with Crippen LogP contribution in [0.5, 0.6) is 0 Å². The van der Waals surface area contributed by atoms with E-state index in [1.165, 1.54) is 23.4 Å². The fourth-order valence-corrected chi connectivity index (χ4v) is 2.13. The largest absolute Gasteiger partial charge is 0.332 e. The van der Waals surface area contributed by atoms with Gasteiger partial charge in [-0.1, -0.05) is 18.7 Å². The highest BCUT2D eigenvalue weighted by atomic mass is 32.2. The third-order valence-corrected chi connectivity index (χ3v) is 3.53. The minimum absolute atomic E-state index is 0.112. The first-order valence-corrected chi connectivity index (χ1v) is 6.48. The van der Waals surface area contributed by atoms with Gasteiger partial charge < -0.3 is 0 Å². The Kier molecular flexibility index (Phi) is 3.46. The van der Waals surface area contributed by atoms with E-state index in [4.69, 9.17) is 0 Å². The van der Waals surface area contributed by atoms with E-state index in [0.717, 1.165) is 16.7 Å². The van der Waals surface area contributed by atoms with Gasteiger partial charge in [0, 0.05) is 19.8 Å². The third-order valence-electron chi connectivity index (χ3n) is 2.48. The highest BCUT2D eigenvalue weighted by molar-refractivity contribution is 7.99. The Morgan fingerprint density at radius 1 is 1.17 bits per heavy atom. The summed E-state index contributed by atoms with van der Waals surface area (Å²) in [7, 11) is 2.97. The average Bonchev–Trinajstić information content (AvgIpc) is 2.40. The molecule has 2 aromatic rings. The molecule has 2 heterocycles. The van der Waals surface area contributed by atoms with Gasteiger partial charge in [0.1, 0.15) is 0 Å². The summed E-state index contributed by atoms with van der Waals surface area (Å²) in [5, 5.41) is 8.24. The number of rotatable bonds is 3. The van der Waals surface area contributed by atoms with E-state index in [0.29, 0.717) is 5.16 Å². The molecular formula is C10H13N5O2S. The predicted molar refractivity (Wildman–Crippen MR) is 68.8 cm³/mol. The van der Waals surface area contributed by atoms with Crippen LogP contribution in [0.2, 0.25) is 0 Å². The van der Waals surface area contributed by atoms with Gasteiger partial charge in [-0.2, -0.15) is 0 Å². The molecule has 0 aliphatic carbocycles. The number of nitrogens with zero attached hydrogens (tertiary/aromatic N) is 5. The molecule has 0 radical (unpaired) electrons. The quantitative estimate of drug-likeness (QED) is 0.724. The summed E-state index contributed by atoms with van der Waals surface area (Å²) in [6, 6.07) is 0. The van der Waals surface area contributed by atoms with Gasteiger partial charge in [0.2, 0.25) is 5.16 Å². The van der Waals surface area contributed by atoms with Crippen LogP contribution in [-0.2, 0) is 14.1 Å². The molecule has 96 valence electrons. The highest BCUT2D eigenvalue weighted by Crippen LogP contribution is 2.13. The summed E-state index contributed by atoms with van der Waals surface area (Å²) in [5.41, 5.74) is -0.503. The van der Waals surface area contributed by atoms with Crippen LogP contribution >= 0.6 is 11.8 Å². The molecule has 0 spiro atoms. The SMILES string of the molecule is CCCSc1nnc2c(=O)n(C)c(=O)n(C)c2n1. The monoisotopic (exact) mass is 267 g/mol. The van der Waals surface area contributed by atoms with Crippen LogP contribution in [0, 0.1) is 0 Å². The van der Waals surface area contributed by atoms with Crippen molar-refractivity contribution in [2.45, 2.75) is 18.5 Å². The van der Waals surface area contributed by atoms with Gasteiger partial charge in [0.25, 0.3) is 5.56 Å². The molecule has 0 amide bonds. The maximum atomic E-state index is 11.8. The molecule has 0 fully saturated rings. The molecular weight excluding hydrogens is 254 g/mol. The van der Waals surface area contributed by atoms with Gasteiger partial charge in [-0.15, -0.1) is 10.2 Å². The van der Waals surface area contributed by atoms with E-state index < -0.39 is 11.2 Å². The molecule has 0 atom stereocenters. The van der Waals surface area contributed by atoms with E-state index >= 15 is 0 Å². The highest BCUT2D eigenvalue weighted by Gasteiger charge is 2.12. The second-order valence-corrected chi connectivity index (χ2v) is 4.88. The Bertz CT molecular complexity index is 706. The van der Waals surface area contributed by atoms with Crippen molar-refractivity contribution in [2.75, 3.05) is 5.75 Å². The lowest BCUT2D eigenvalue weighted by Gasteiger charge is -2.05. The molecule has 0 unspecified atom stereocenters. The Balaban J connectivity index is 2.70. The predicted octanol–water partition coefficient (Wildman–Crippen LogP) is -0.0757. The molecule has 0 saturated carbocycles. The Labute approximate surface area is 107 Å². The van der Waals surface area contributed by atoms with Crippen molar-refractivity contribution in [3.8, 4) is 0 Å². The zero-order valence-corrected chi connectivity index (χ0v) is 11.2. The first-order valence-electron chi connectivity index (χ1n) is 5.49. The lowest BCUT2D eigenvalue weighted by molar-refractivity contribution is 0.690. The topological polar surface area (TPSA) is 82.7 Å². The number of hydrogen-bond donors (Lipinski definition) is 0. The zero-order valence-electron chi connectivity index (χ0n) is 10.4. The van der Waals surface area contributed by atoms with Crippen LogP contribution in [0.3, 0.4) is 0 Å². The second-order valence-electron chi connectivity index (χ2n) is 3.82. The van der Waals surface area contributed by atoms with Crippen molar-refractivity contribution in [1.82, 2.24) is 24.3 Å². The zero-order chi connectivity index (χ0) is 13.3. The number of fused-ring (bicyclic) bond motifs is 1. The maximum absolute atomic E-state index is 11.8. The summed E-state index contributed by atoms with van der Waals surface area (Å²) in [6.07, 6.45) is 0.988. The minimum atomic E-state index is -0.472. The maximum Gasteiger partial charge on any atom is 0.332 e. The van der Waals surface area contributed by atoms with E-state index in [-0.39, 0.29) is 11.2 Å². The number of aromatic nitrogens is 5. The molecule has 2 aromatic heterocycles. The molecule has 0 bridgehead atoms. The van der Waals surface area contributed by atoms with Gasteiger partial charge in [-0.25, -0.2) is 9.78 Å². The standard InChI is InChI=1S/C10H13N5O2S/c1-4-5-18-9-11-7-6(12-13-9)8(16)15(3)10(17)14(7)2/h4-5H2,1-3H3. The fraction of sp³-hybridized carbons (Fsp3) is 0.500. The van der Waals surface area contributed by atoms with Crippen molar-refractivity contribution >= 4 is 22.9 Å². The lowest BCUT2D eigenvalue weighted by Crippen LogP contribution is -2.38. The molecule has 8 heteroatoms. The minimum Gasteiger partial charge on any atom is -0.279 e. The average molecular weight is 267 g/mol. The third kappa shape index (κ3) is 2.03. The number of hydrogen-bond acceptors (Lipinski definition) is 6. The summed E-state index contributed by atoms with van der Waals surface area (Å²) >= 11 is 1.45. The van der Waals surface area contributed by atoms with Gasteiger partial charge in [-0.05, 0) is 6.42 Å². The lowest BCUT2D eigenvalue weighted by atomic mass is 10.5. The summed E-state index contributed by atoms with van der Waals surface area (Å²) in [4.78, 5) is 27.8. The van der Waals surface area contributed by atoms with Crippen LogP contribution in [0.1, 0.15) is 13.3 Å². The Morgan fingerprint density at radius 3 is 2.56 bits per heavy atom. The van der Waals surface area contributed by atoms with Crippen molar-refractivity contribution in [3.05, 3.63) is 20.8 Å². The van der Waals surface area contributed by atoms with E-state index in [9.17, 15) is 9.59 Å². The number of aryl methyl sites for hydroxylation is 1. The normalized spacial score (nSPS) is 11.1. The van der Waals surface area contributed by atoms with E-state index in [1.54, 1.807) is 7.05 Å².